The van der Waals surface area contributed by atoms with Gasteiger partial charge in [-0.2, -0.15) is 0 Å². The first-order valence-corrected chi connectivity index (χ1v) is 9.27. The average molecular weight is 326 g/mol. The van der Waals surface area contributed by atoms with Crippen LogP contribution in [0.5, 0.6) is 0 Å². The molecule has 1 aliphatic carbocycles. The molecule has 0 heterocycles. The van der Waals surface area contributed by atoms with E-state index in [1.807, 2.05) is 6.21 Å². The molecular formula is C23H35N. The quantitative estimate of drug-likeness (QED) is 0.353. The average Bonchev–Trinajstić information content (AvgIpc) is 2.50. The second-order valence-electron chi connectivity index (χ2n) is 7.50. The summed E-state index contributed by atoms with van der Waals surface area (Å²) in [7, 11) is 0. The van der Waals surface area contributed by atoms with E-state index in [2.05, 4.69) is 83.0 Å². The summed E-state index contributed by atoms with van der Waals surface area (Å²) in [5, 5.41) is 0. The lowest BCUT2D eigenvalue weighted by Gasteiger charge is -2.32. The highest BCUT2D eigenvalue weighted by Crippen LogP contribution is 2.40. The lowest BCUT2D eigenvalue weighted by Crippen LogP contribution is -2.19. The van der Waals surface area contributed by atoms with Gasteiger partial charge in [0.15, 0.2) is 0 Å². The van der Waals surface area contributed by atoms with E-state index < -0.39 is 0 Å². The van der Waals surface area contributed by atoms with Crippen LogP contribution in [0.4, 0.5) is 0 Å². The van der Waals surface area contributed by atoms with E-state index in [9.17, 15) is 0 Å². The summed E-state index contributed by atoms with van der Waals surface area (Å²) in [5.74, 6) is 0. The molecule has 0 N–H and O–H groups in total. The molecule has 132 valence electrons. The van der Waals surface area contributed by atoms with Gasteiger partial charge in [0.2, 0.25) is 0 Å². The molecule has 0 spiro atoms. The number of rotatable bonds is 7. The molecule has 1 rings (SSSR count). The molecule has 1 aliphatic rings. The minimum absolute atomic E-state index is 0.312. The van der Waals surface area contributed by atoms with Gasteiger partial charge in [-0.1, -0.05) is 62.3 Å². The van der Waals surface area contributed by atoms with Crippen molar-refractivity contribution in [1.82, 2.24) is 0 Å². The van der Waals surface area contributed by atoms with Gasteiger partial charge in [0.05, 0.1) is 0 Å². The predicted molar refractivity (Wildman–Crippen MR) is 110 cm³/mol. The van der Waals surface area contributed by atoms with Crippen molar-refractivity contribution in [3.63, 3.8) is 0 Å². The number of aliphatic imine (C=N–C) groups is 1. The van der Waals surface area contributed by atoms with E-state index in [1.165, 1.54) is 36.0 Å². The van der Waals surface area contributed by atoms with Crippen LogP contribution in [0, 0.1) is 5.41 Å². The minimum atomic E-state index is 0.312. The normalized spacial score (nSPS) is 20.1. The Hall–Kier alpha value is -1.63. The number of hydrogen-bond acceptors (Lipinski definition) is 1. The van der Waals surface area contributed by atoms with E-state index in [1.54, 1.807) is 5.57 Å². The molecule has 0 aromatic carbocycles. The second-order valence-corrected chi connectivity index (χ2v) is 7.50. The van der Waals surface area contributed by atoms with Crippen molar-refractivity contribution in [2.75, 3.05) is 6.54 Å². The number of allylic oxidation sites excluding steroid dienone is 10. The molecule has 0 atom stereocenters. The second kappa shape index (κ2) is 10.3. The van der Waals surface area contributed by atoms with Crippen LogP contribution >= 0.6 is 0 Å². The molecule has 0 aliphatic heterocycles. The van der Waals surface area contributed by atoms with Gasteiger partial charge in [0.1, 0.15) is 0 Å². The van der Waals surface area contributed by atoms with Gasteiger partial charge in [-0.25, -0.2) is 0 Å². The van der Waals surface area contributed by atoms with Crippen molar-refractivity contribution >= 4 is 6.21 Å². The van der Waals surface area contributed by atoms with Crippen LogP contribution < -0.4 is 0 Å². The number of hydrogen-bond donors (Lipinski definition) is 0. The topological polar surface area (TPSA) is 12.4 Å². The zero-order valence-electron chi connectivity index (χ0n) is 16.5. The molecule has 0 saturated carbocycles. The molecule has 0 aromatic rings. The van der Waals surface area contributed by atoms with Crippen LogP contribution in [0.2, 0.25) is 0 Å². The lowest BCUT2D eigenvalue weighted by atomic mass is 9.72. The zero-order chi connectivity index (χ0) is 18.0. The summed E-state index contributed by atoms with van der Waals surface area (Å²) in [6.07, 6.45) is 19.9. The summed E-state index contributed by atoms with van der Waals surface area (Å²) < 4.78 is 0. The zero-order valence-corrected chi connectivity index (χ0v) is 16.5. The van der Waals surface area contributed by atoms with Gasteiger partial charge in [-0.15, -0.1) is 0 Å². The van der Waals surface area contributed by atoms with E-state index in [0.29, 0.717) is 5.41 Å². The Bertz CT molecular complexity index is 577. The molecule has 1 nitrogen and oxygen atoms in total. The Kier molecular flexibility index (Phi) is 8.74. The van der Waals surface area contributed by atoms with Crippen molar-refractivity contribution in [1.29, 1.82) is 0 Å². The Balaban J connectivity index is 2.68. The first-order valence-electron chi connectivity index (χ1n) is 9.27. The third-order valence-electron chi connectivity index (χ3n) is 4.57. The SMILES string of the molecule is CCC/N=C/C=C(C)/C=C\C=C(C)\C=C\C1=C(C)CCCC1(C)C. The summed E-state index contributed by atoms with van der Waals surface area (Å²) in [5.41, 5.74) is 5.88. The maximum absolute atomic E-state index is 4.31. The molecule has 0 radical (unpaired) electrons. The van der Waals surface area contributed by atoms with Crippen molar-refractivity contribution < 1.29 is 0 Å². The Morgan fingerprint density at radius 2 is 1.83 bits per heavy atom. The fraction of sp³-hybridized carbons (Fsp3) is 0.522. The first kappa shape index (κ1) is 20.4. The molecular weight excluding hydrogens is 290 g/mol. The van der Waals surface area contributed by atoms with Crippen LogP contribution in [0.15, 0.2) is 63.7 Å². The minimum Gasteiger partial charge on any atom is -0.293 e. The van der Waals surface area contributed by atoms with Crippen molar-refractivity contribution in [2.45, 2.75) is 67.2 Å². The van der Waals surface area contributed by atoms with E-state index >= 15 is 0 Å². The van der Waals surface area contributed by atoms with Crippen LogP contribution in [0.25, 0.3) is 0 Å². The standard InChI is InChI=1S/C23H35N/c1-7-17-24-18-15-20(3)11-8-10-19(2)13-14-22-21(4)12-9-16-23(22,5)6/h8,10-11,13-15,18H,7,9,12,16-17H2,1-6H3/b11-8-,14-13+,19-10+,20-15+,24-18+. The van der Waals surface area contributed by atoms with Gasteiger partial charge in [-0.3, -0.25) is 4.99 Å². The van der Waals surface area contributed by atoms with Crippen molar-refractivity contribution in [2.24, 2.45) is 10.4 Å². The van der Waals surface area contributed by atoms with Crippen LogP contribution in [0.3, 0.4) is 0 Å². The molecule has 0 amide bonds. The molecule has 0 bridgehead atoms. The molecule has 24 heavy (non-hydrogen) atoms. The van der Waals surface area contributed by atoms with E-state index in [0.717, 1.165) is 13.0 Å². The molecule has 0 saturated heterocycles. The van der Waals surface area contributed by atoms with Gasteiger partial charge in [0, 0.05) is 12.8 Å². The fourth-order valence-electron chi connectivity index (χ4n) is 3.06. The first-order chi connectivity index (χ1) is 11.4. The molecule has 0 fully saturated rings. The lowest BCUT2D eigenvalue weighted by molar-refractivity contribution is 0.377. The summed E-state index contributed by atoms with van der Waals surface area (Å²) in [6, 6.07) is 0. The third-order valence-corrected chi connectivity index (χ3v) is 4.57. The molecule has 0 aromatic heterocycles. The highest BCUT2D eigenvalue weighted by atomic mass is 14.7. The highest BCUT2D eigenvalue weighted by Gasteiger charge is 2.26. The maximum atomic E-state index is 4.31. The molecule has 0 unspecified atom stereocenters. The number of nitrogens with zero attached hydrogens (tertiary/aromatic N) is 1. The van der Waals surface area contributed by atoms with Gasteiger partial charge >= 0.3 is 0 Å². The Morgan fingerprint density at radius 1 is 1.12 bits per heavy atom. The Morgan fingerprint density at radius 3 is 2.50 bits per heavy atom. The predicted octanol–water partition coefficient (Wildman–Crippen LogP) is 7.00. The summed E-state index contributed by atoms with van der Waals surface area (Å²) in [6.45, 7) is 14.3. The van der Waals surface area contributed by atoms with Crippen molar-refractivity contribution in [3.8, 4) is 0 Å². The van der Waals surface area contributed by atoms with Gasteiger partial charge < -0.3 is 0 Å². The monoisotopic (exact) mass is 325 g/mol. The summed E-state index contributed by atoms with van der Waals surface area (Å²) in [4.78, 5) is 4.31. The third kappa shape index (κ3) is 7.29. The Labute approximate surface area is 149 Å². The molecule has 1 heteroatoms. The van der Waals surface area contributed by atoms with Crippen LogP contribution in [0.1, 0.15) is 67.2 Å². The van der Waals surface area contributed by atoms with Crippen molar-refractivity contribution in [3.05, 3.63) is 58.7 Å². The van der Waals surface area contributed by atoms with Crippen LogP contribution in [-0.4, -0.2) is 12.8 Å². The highest BCUT2D eigenvalue weighted by molar-refractivity contribution is 5.72. The fourth-order valence-corrected chi connectivity index (χ4v) is 3.06. The smallest absolute Gasteiger partial charge is 0.0386 e. The van der Waals surface area contributed by atoms with Crippen LogP contribution in [-0.2, 0) is 0 Å². The largest absolute Gasteiger partial charge is 0.293 e. The van der Waals surface area contributed by atoms with E-state index in [-0.39, 0.29) is 0 Å². The maximum Gasteiger partial charge on any atom is 0.0386 e. The van der Waals surface area contributed by atoms with Gasteiger partial charge in [0.25, 0.3) is 0 Å². The van der Waals surface area contributed by atoms with Gasteiger partial charge in [-0.05, 0) is 69.1 Å². The summed E-state index contributed by atoms with van der Waals surface area (Å²) >= 11 is 0. The van der Waals surface area contributed by atoms with E-state index in [4.69, 9.17) is 0 Å².